The molecule has 0 spiro atoms. The normalized spacial score (nSPS) is 11.5. The average Bonchev–Trinajstić information content (AvgIpc) is 3.59. The van der Waals surface area contributed by atoms with E-state index in [9.17, 15) is 0 Å². The highest BCUT2D eigenvalue weighted by Gasteiger charge is 2.18. The molecule has 0 N–H and O–H groups in total. The fourth-order valence-electron chi connectivity index (χ4n) is 7.21. The monoisotopic (exact) mass is 651 g/mol. The van der Waals surface area contributed by atoms with Crippen molar-refractivity contribution < 1.29 is 4.42 Å². The van der Waals surface area contributed by atoms with Crippen LogP contribution in [-0.2, 0) is 0 Å². The second-order valence-electron chi connectivity index (χ2n) is 12.8. The Morgan fingerprint density at radius 1 is 0.314 bits per heavy atom. The first-order chi connectivity index (χ1) is 25.3. The third-order valence-electron chi connectivity index (χ3n) is 9.74. The fraction of sp³-hybridized carbons (Fsp3) is 0. The smallest absolute Gasteiger partial charge is 0.164 e. The standard InChI is InChI=1S/C47H29N3O/c1-3-12-30(13-4-1)31-22-24-34(25-23-31)45-48-46(50-47(49-45)40-21-11-17-32-16-7-8-18-36(32)40)35-26-27-38-42-29-41(33-14-5-2-6-15-33)37-19-9-10-20-39(37)44(42)51-43(38)28-35/h1-29H. The van der Waals surface area contributed by atoms with Crippen LogP contribution in [0.4, 0.5) is 0 Å². The molecule has 0 bridgehead atoms. The van der Waals surface area contributed by atoms with Gasteiger partial charge >= 0.3 is 0 Å². The van der Waals surface area contributed by atoms with E-state index in [0.29, 0.717) is 17.5 Å². The first-order valence-electron chi connectivity index (χ1n) is 17.1. The molecule has 0 radical (unpaired) electrons. The van der Waals surface area contributed by atoms with Crippen molar-refractivity contribution in [3.05, 3.63) is 176 Å². The van der Waals surface area contributed by atoms with Crippen LogP contribution in [0.3, 0.4) is 0 Å². The number of rotatable bonds is 5. The Morgan fingerprint density at radius 2 is 0.882 bits per heavy atom. The summed E-state index contributed by atoms with van der Waals surface area (Å²) in [6.07, 6.45) is 0. The zero-order valence-corrected chi connectivity index (χ0v) is 27.5. The fourth-order valence-corrected chi connectivity index (χ4v) is 7.21. The van der Waals surface area contributed by atoms with Gasteiger partial charge in [-0.25, -0.2) is 15.0 Å². The van der Waals surface area contributed by atoms with Crippen molar-refractivity contribution in [1.82, 2.24) is 15.0 Å². The van der Waals surface area contributed by atoms with Crippen molar-refractivity contribution >= 4 is 43.5 Å². The van der Waals surface area contributed by atoms with E-state index in [1.54, 1.807) is 0 Å². The van der Waals surface area contributed by atoms with Gasteiger partial charge in [0.15, 0.2) is 17.5 Å². The molecular formula is C47H29N3O. The maximum atomic E-state index is 6.69. The third-order valence-corrected chi connectivity index (χ3v) is 9.74. The summed E-state index contributed by atoms with van der Waals surface area (Å²) < 4.78 is 6.69. The second kappa shape index (κ2) is 11.9. The molecule has 0 fully saturated rings. The van der Waals surface area contributed by atoms with E-state index in [4.69, 9.17) is 19.4 Å². The summed E-state index contributed by atoms with van der Waals surface area (Å²) >= 11 is 0. The van der Waals surface area contributed by atoms with Crippen molar-refractivity contribution in [3.63, 3.8) is 0 Å². The Kier molecular flexibility index (Phi) is 6.78. The highest BCUT2D eigenvalue weighted by atomic mass is 16.3. The molecule has 0 aliphatic carbocycles. The topological polar surface area (TPSA) is 51.8 Å². The van der Waals surface area contributed by atoms with Crippen molar-refractivity contribution in [2.75, 3.05) is 0 Å². The van der Waals surface area contributed by atoms with Crippen LogP contribution < -0.4 is 0 Å². The lowest BCUT2D eigenvalue weighted by molar-refractivity contribution is 0.673. The maximum Gasteiger partial charge on any atom is 0.164 e. The molecule has 10 rings (SSSR count). The van der Waals surface area contributed by atoms with Crippen LogP contribution in [-0.4, -0.2) is 15.0 Å². The van der Waals surface area contributed by atoms with Crippen molar-refractivity contribution in [2.24, 2.45) is 0 Å². The van der Waals surface area contributed by atoms with Gasteiger partial charge in [-0.3, -0.25) is 0 Å². The van der Waals surface area contributed by atoms with Crippen LogP contribution in [0.5, 0.6) is 0 Å². The summed E-state index contributed by atoms with van der Waals surface area (Å²) in [5, 5.41) is 6.62. The van der Waals surface area contributed by atoms with Crippen LogP contribution >= 0.6 is 0 Å². The molecule has 4 nitrogen and oxygen atoms in total. The predicted molar refractivity (Wildman–Crippen MR) is 209 cm³/mol. The van der Waals surface area contributed by atoms with Crippen LogP contribution in [0.2, 0.25) is 0 Å². The first-order valence-corrected chi connectivity index (χ1v) is 17.1. The summed E-state index contributed by atoms with van der Waals surface area (Å²) in [6.45, 7) is 0. The molecule has 8 aromatic carbocycles. The number of fused-ring (bicyclic) bond motifs is 6. The Balaban J connectivity index is 1.16. The molecule has 0 atom stereocenters. The van der Waals surface area contributed by atoms with E-state index in [-0.39, 0.29) is 0 Å². The van der Waals surface area contributed by atoms with E-state index >= 15 is 0 Å². The predicted octanol–water partition coefficient (Wildman–Crippen LogP) is 12.4. The number of benzene rings is 8. The van der Waals surface area contributed by atoms with Gasteiger partial charge < -0.3 is 4.42 Å². The molecule has 4 heteroatoms. The molecule has 0 amide bonds. The van der Waals surface area contributed by atoms with Crippen molar-refractivity contribution in [3.8, 4) is 56.4 Å². The largest absolute Gasteiger partial charge is 0.455 e. The zero-order chi connectivity index (χ0) is 33.7. The Labute approximate surface area is 294 Å². The molecular weight excluding hydrogens is 623 g/mol. The Bertz CT molecular complexity index is 2890. The molecule has 2 heterocycles. The first kappa shape index (κ1) is 29.0. The lowest BCUT2D eigenvalue weighted by Crippen LogP contribution is -2.00. The van der Waals surface area contributed by atoms with Gasteiger partial charge in [0.05, 0.1) is 0 Å². The van der Waals surface area contributed by atoms with Gasteiger partial charge in [-0.1, -0.05) is 158 Å². The lowest BCUT2D eigenvalue weighted by Gasteiger charge is -2.11. The van der Waals surface area contributed by atoms with E-state index < -0.39 is 0 Å². The summed E-state index contributed by atoms with van der Waals surface area (Å²) in [6, 6.07) is 61.0. The van der Waals surface area contributed by atoms with E-state index in [1.807, 2.05) is 6.07 Å². The van der Waals surface area contributed by atoms with E-state index in [0.717, 1.165) is 65.7 Å². The number of nitrogens with zero attached hydrogens (tertiary/aromatic N) is 3. The van der Waals surface area contributed by atoms with E-state index in [1.165, 1.54) is 16.7 Å². The highest BCUT2D eigenvalue weighted by molar-refractivity contribution is 6.19. The average molecular weight is 652 g/mol. The Morgan fingerprint density at radius 3 is 1.67 bits per heavy atom. The van der Waals surface area contributed by atoms with Crippen molar-refractivity contribution in [2.45, 2.75) is 0 Å². The molecule has 0 aliphatic rings. The van der Waals surface area contributed by atoms with Crippen LogP contribution in [0.15, 0.2) is 180 Å². The van der Waals surface area contributed by atoms with Gasteiger partial charge in [0.1, 0.15) is 11.2 Å². The van der Waals surface area contributed by atoms with Gasteiger partial charge in [-0.2, -0.15) is 0 Å². The molecule has 0 saturated carbocycles. The lowest BCUT2D eigenvalue weighted by atomic mass is 9.95. The quantitative estimate of drug-likeness (QED) is 0.186. The molecule has 238 valence electrons. The van der Waals surface area contributed by atoms with Gasteiger partial charge in [0.25, 0.3) is 0 Å². The zero-order valence-electron chi connectivity index (χ0n) is 27.5. The number of aromatic nitrogens is 3. The summed E-state index contributed by atoms with van der Waals surface area (Å²) in [7, 11) is 0. The minimum Gasteiger partial charge on any atom is -0.455 e. The van der Waals surface area contributed by atoms with Gasteiger partial charge in [0.2, 0.25) is 0 Å². The van der Waals surface area contributed by atoms with Crippen LogP contribution in [0.1, 0.15) is 0 Å². The number of hydrogen-bond acceptors (Lipinski definition) is 4. The minimum atomic E-state index is 0.590. The van der Waals surface area contributed by atoms with Gasteiger partial charge in [-0.15, -0.1) is 0 Å². The molecule has 10 aromatic rings. The van der Waals surface area contributed by atoms with Gasteiger partial charge in [0, 0.05) is 32.8 Å². The minimum absolute atomic E-state index is 0.590. The van der Waals surface area contributed by atoms with E-state index in [2.05, 4.69) is 170 Å². The Hall–Kier alpha value is -6.91. The van der Waals surface area contributed by atoms with Crippen LogP contribution in [0.25, 0.3) is 99.9 Å². The summed E-state index contributed by atoms with van der Waals surface area (Å²) in [4.78, 5) is 15.3. The second-order valence-corrected chi connectivity index (χ2v) is 12.8. The van der Waals surface area contributed by atoms with Crippen molar-refractivity contribution in [1.29, 1.82) is 0 Å². The highest BCUT2D eigenvalue weighted by Crippen LogP contribution is 2.41. The molecule has 51 heavy (non-hydrogen) atoms. The summed E-state index contributed by atoms with van der Waals surface area (Å²) in [5.41, 5.74) is 9.08. The maximum absolute atomic E-state index is 6.69. The SMILES string of the molecule is c1ccc(-c2ccc(-c3nc(-c4ccc5c(c4)oc4c6ccccc6c(-c6ccccc6)cc54)nc(-c4cccc5ccccc45)n3)cc2)cc1. The molecule has 0 unspecified atom stereocenters. The molecule has 0 saturated heterocycles. The molecule has 0 aliphatic heterocycles. The number of furan rings is 1. The third kappa shape index (κ3) is 5.04. The van der Waals surface area contributed by atoms with Gasteiger partial charge in [-0.05, 0) is 56.6 Å². The molecule has 2 aromatic heterocycles. The summed E-state index contributed by atoms with van der Waals surface area (Å²) in [5.74, 6) is 1.83. The van der Waals surface area contributed by atoms with Crippen LogP contribution in [0, 0.1) is 0 Å². The number of hydrogen-bond donors (Lipinski definition) is 0.